The molecule has 0 radical (unpaired) electrons. The van der Waals surface area contributed by atoms with E-state index in [-0.39, 0.29) is 5.54 Å². The van der Waals surface area contributed by atoms with Crippen molar-refractivity contribution in [2.24, 2.45) is 0 Å². The van der Waals surface area contributed by atoms with Crippen LogP contribution in [0, 0.1) is 0 Å². The van der Waals surface area contributed by atoms with Crippen molar-refractivity contribution in [3.63, 3.8) is 0 Å². The van der Waals surface area contributed by atoms with Gasteiger partial charge in [-0.2, -0.15) is 0 Å². The second-order valence-corrected chi connectivity index (χ2v) is 5.31. The highest BCUT2D eigenvalue weighted by atomic mass is 15.0. The summed E-state index contributed by atoms with van der Waals surface area (Å²) >= 11 is 0. The van der Waals surface area contributed by atoms with Gasteiger partial charge >= 0.3 is 0 Å². The van der Waals surface area contributed by atoms with Crippen molar-refractivity contribution in [1.82, 2.24) is 5.32 Å². The first-order chi connectivity index (χ1) is 7.33. The van der Waals surface area contributed by atoms with Crippen LogP contribution in [0.15, 0.2) is 36.5 Å². The lowest BCUT2D eigenvalue weighted by molar-refractivity contribution is 0.449. The monoisotopic (exact) mass is 217 g/mol. The Bertz CT molecular complexity index is 375. The average molecular weight is 217 g/mol. The molecule has 0 saturated carbocycles. The first kappa shape index (κ1) is 12.8. The Kier molecular flexibility index (Phi) is 3.79. The summed E-state index contributed by atoms with van der Waals surface area (Å²) in [5.74, 6) is 0.570. The van der Waals surface area contributed by atoms with Gasteiger partial charge in [0.25, 0.3) is 0 Å². The molecule has 0 saturated heterocycles. The molecule has 88 valence electrons. The zero-order valence-corrected chi connectivity index (χ0v) is 11.1. The van der Waals surface area contributed by atoms with Gasteiger partial charge in [0.15, 0.2) is 0 Å². The topological polar surface area (TPSA) is 12.0 Å². The summed E-state index contributed by atoms with van der Waals surface area (Å²) < 4.78 is 0. The summed E-state index contributed by atoms with van der Waals surface area (Å²) in [5.41, 5.74) is 3.63. The van der Waals surface area contributed by atoms with Gasteiger partial charge < -0.3 is 5.32 Å². The molecule has 0 spiro atoms. The van der Waals surface area contributed by atoms with Crippen LogP contribution >= 0.6 is 0 Å². The van der Waals surface area contributed by atoms with Crippen LogP contribution in [0.1, 0.15) is 51.7 Å². The van der Waals surface area contributed by atoms with Crippen LogP contribution in [-0.2, 0) is 5.54 Å². The first-order valence-electron chi connectivity index (χ1n) is 5.87. The van der Waals surface area contributed by atoms with E-state index in [4.69, 9.17) is 0 Å². The molecule has 1 heteroatoms. The van der Waals surface area contributed by atoms with E-state index in [1.54, 1.807) is 0 Å². The Balaban J connectivity index is 3.03. The third-order valence-electron chi connectivity index (χ3n) is 2.80. The summed E-state index contributed by atoms with van der Waals surface area (Å²) in [4.78, 5) is 0. The van der Waals surface area contributed by atoms with E-state index in [1.165, 1.54) is 11.1 Å². The van der Waals surface area contributed by atoms with Gasteiger partial charge in [0, 0.05) is 5.70 Å². The third-order valence-corrected chi connectivity index (χ3v) is 2.80. The molecule has 1 N–H and O–H groups in total. The zero-order chi connectivity index (χ0) is 12.3. The largest absolute Gasteiger partial charge is 0.380 e. The molecule has 0 heterocycles. The average Bonchev–Trinajstić information content (AvgIpc) is 2.16. The van der Waals surface area contributed by atoms with Crippen molar-refractivity contribution in [2.75, 3.05) is 0 Å². The van der Waals surface area contributed by atoms with Crippen molar-refractivity contribution < 1.29 is 0 Å². The highest BCUT2D eigenvalue weighted by molar-refractivity contribution is 5.31. The maximum absolute atomic E-state index is 3.91. The number of benzene rings is 1. The number of hydrogen-bond donors (Lipinski definition) is 1. The molecule has 16 heavy (non-hydrogen) atoms. The van der Waals surface area contributed by atoms with Gasteiger partial charge in [0.2, 0.25) is 0 Å². The lowest BCUT2D eigenvalue weighted by Gasteiger charge is -2.29. The SMILES string of the molecule is C=C(C)NC(C)(C)c1cccc(C(C)C)c1. The summed E-state index contributed by atoms with van der Waals surface area (Å²) in [6, 6.07) is 8.76. The Morgan fingerprint density at radius 1 is 1.31 bits per heavy atom. The highest BCUT2D eigenvalue weighted by Gasteiger charge is 2.19. The molecule has 1 aromatic rings. The van der Waals surface area contributed by atoms with E-state index < -0.39 is 0 Å². The minimum absolute atomic E-state index is 0.0588. The van der Waals surface area contributed by atoms with Gasteiger partial charge in [0.1, 0.15) is 0 Å². The fourth-order valence-corrected chi connectivity index (χ4v) is 1.89. The van der Waals surface area contributed by atoms with Crippen LogP contribution in [-0.4, -0.2) is 0 Å². The number of allylic oxidation sites excluding steroid dienone is 1. The molecule has 0 aliphatic heterocycles. The van der Waals surface area contributed by atoms with Crippen molar-refractivity contribution in [1.29, 1.82) is 0 Å². The fourth-order valence-electron chi connectivity index (χ4n) is 1.89. The summed E-state index contributed by atoms with van der Waals surface area (Å²) in [6.07, 6.45) is 0. The molecule has 0 amide bonds. The van der Waals surface area contributed by atoms with E-state index in [9.17, 15) is 0 Å². The van der Waals surface area contributed by atoms with Crippen molar-refractivity contribution in [2.45, 2.75) is 46.1 Å². The van der Waals surface area contributed by atoms with Gasteiger partial charge in [-0.1, -0.05) is 44.7 Å². The Labute approximate surface area is 99.6 Å². The van der Waals surface area contributed by atoms with E-state index in [0.29, 0.717) is 5.92 Å². The summed E-state index contributed by atoms with van der Waals surface area (Å²) in [6.45, 7) is 14.7. The van der Waals surface area contributed by atoms with Crippen LogP contribution < -0.4 is 5.32 Å². The summed E-state index contributed by atoms with van der Waals surface area (Å²) in [7, 11) is 0. The van der Waals surface area contributed by atoms with E-state index >= 15 is 0 Å². The molecule has 1 aromatic carbocycles. The molecule has 0 aliphatic carbocycles. The second-order valence-electron chi connectivity index (χ2n) is 5.31. The maximum atomic E-state index is 3.91. The molecular formula is C15H23N. The second kappa shape index (κ2) is 4.73. The molecule has 0 unspecified atom stereocenters. The number of hydrogen-bond acceptors (Lipinski definition) is 1. The molecule has 1 rings (SSSR count). The minimum atomic E-state index is -0.0588. The predicted molar refractivity (Wildman–Crippen MR) is 71.5 cm³/mol. The molecule has 0 fully saturated rings. The minimum Gasteiger partial charge on any atom is -0.380 e. The Morgan fingerprint density at radius 2 is 1.94 bits per heavy atom. The molecule has 0 bridgehead atoms. The van der Waals surface area contributed by atoms with E-state index in [1.807, 2.05) is 6.92 Å². The Hall–Kier alpha value is -1.24. The number of nitrogens with one attached hydrogen (secondary N) is 1. The maximum Gasteiger partial charge on any atom is 0.0565 e. The molecule has 0 aliphatic rings. The molecule has 0 aromatic heterocycles. The smallest absolute Gasteiger partial charge is 0.0565 e. The van der Waals surface area contributed by atoms with E-state index in [2.05, 4.69) is 63.9 Å². The van der Waals surface area contributed by atoms with Crippen molar-refractivity contribution in [3.05, 3.63) is 47.7 Å². The van der Waals surface area contributed by atoms with Crippen LogP contribution in [0.4, 0.5) is 0 Å². The number of rotatable bonds is 4. The van der Waals surface area contributed by atoms with Crippen molar-refractivity contribution in [3.8, 4) is 0 Å². The molecule has 1 nitrogen and oxygen atoms in total. The highest BCUT2D eigenvalue weighted by Crippen LogP contribution is 2.24. The third kappa shape index (κ3) is 3.13. The quantitative estimate of drug-likeness (QED) is 0.798. The molecule has 0 atom stereocenters. The fraction of sp³-hybridized carbons (Fsp3) is 0.467. The van der Waals surface area contributed by atoms with Gasteiger partial charge in [-0.3, -0.25) is 0 Å². The summed E-state index contributed by atoms with van der Waals surface area (Å²) in [5, 5.41) is 3.41. The van der Waals surface area contributed by atoms with Crippen LogP contribution in [0.3, 0.4) is 0 Å². The zero-order valence-electron chi connectivity index (χ0n) is 11.1. The molecular weight excluding hydrogens is 194 g/mol. The van der Waals surface area contributed by atoms with Crippen LogP contribution in [0.25, 0.3) is 0 Å². The first-order valence-corrected chi connectivity index (χ1v) is 5.87. The van der Waals surface area contributed by atoms with Gasteiger partial charge in [0.05, 0.1) is 5.54 Å². The lowest BCUT2D eigenvalue weighted by atomic mass is 9.90. The van der Waals surface area contributed by atoms with Gasteiger partial charge in [-0.05, 0) is 37.8 Å². The van der Waals surface area contributed by atoms with Gasteiger partial charge in [-0.15, -0.1) is 0 Å². The normalized spacial score (nSPS) is 11.6. The lowest BCUT2D eigenvalue weighted by Crippen LogP contribution is -2.34. The standard InChI is InChI=1S/C15H23N/c1-11(2)13-8-7-9-14(10-13)15(5,6)16-12(3)4/h7-11,16H,3H2,1-2,4-6H3. The van der Waals surface area contributed by atoms with Gasteiger partial charge in [-0.25, -0.2) is 0 Å². The Morgan fingerprint density at radius 3 is 2.44 bits per heavy atom. The van der Waals surface area contributed by atoms with Crippen LogP contribution in [0.2, 0.25) is 0 Å². The van der Waals surface area contributed by atoms with E-state index in [0.717, 1.165) is 5.70 Å². The van der Waals surface area contributed by atoms with Crippen LogP contribution in [0.5, 0.6) is 0 Å². The van der Waals surface area contributed by atoms with Crippen molar-refractivity contribution >= 4 is 0 Å². The predicted octanol–water partition coefficient (Wildman–Crippen LogP) is 4.17.